The van der Waals surface area contributed by atoms with Gasteiger partial charge >= 0.3 is 36.0 Å². The van der Waals surface area contributed by atoms with Crippen molar-refractivity contribution in [1.29, 1.82) is 0 Å². The van der Waals surface area contributed by atoms with Crippen molar-refractivity contribution in [2.24, 2.45) is 5.92 Å². The van der Waals surface area contributed by atoms with Gasteiger partial charge in [0, 0.05) is 19.5 Å². The number of carbonyl (C=O) groups excluding carboxylic acids is 1. The molecule has 0 aromatic heterocycles. The predicted octanol–water partition coefficient (Wildman–Crippen LogP) is 4.52. The van der Waals surface area contributed by atoms with Gasteiger partial charge in [0.25, 0.3) is 0 Å². The zero-order valence-corrected chi connectivity index (χ0v) is 14.2. The minimum absolute atomic E-state index is 0.0241. The third-order valence-electron chi connectivity index (χ3n) is 4.11. The van der Waals surface area contributed by atoms with E-state index in [-0.39, 0.29) is 4.90 Å². The first-order chi connectivity index (χ1) is 13.1. The topological polar surface area (TPSA) is 29.5 Å². The van der Waals surface area contributed by atoms with Crippen LogP contribution in [0.1, 0.15) is 6.42 Å². The van der Waals surface area contributed by atoms with Gasteiger partial charge in [-0.05, 0) is 0 Å². The molecule has 0 N–H and O–H groups in total. The number of halogens is 14. The summed E-state index contributed by atoms with van der Waals surface area (Å²) in [4.78, 5) is 12.0. The largest absolute Gasteiger partial charge is 0.459 e. The molecule has 17 heteroatoms. The standard InChI is InChI=1S/C13H11F14NO2/c14-8(15,10(18,19)12(22,23)24)5-6(7(29)28-1-3-30-4-2-28)9(16,17)11(20,21)13(25,26)27/h6H,1-5H2. The van der Waals surface area contributed by atoms with Crippen LogP contribution in [0.3, 0.4) is 0 Å². The van der Waals surface area contributed by atoms with Crippen molar-refractivity contribution >= 4 is 5.91 Å². The molecular weight excluding hydrogens is 468 g/mol. The number of rotatable bonds is 6. The molecule has 1 aliphatic heterocycles. The van der Waals surface area contributed by atoms with E-state index in [4.69, 9.17) is 0 Å². The van der Waals surface area contributed by atoms with Crippen molar-refractivity contribution < 1.29 is 71.0 Å². The number of morpholine rings is 1. The summed E-state index contributed by atoms with van der Waals surface area (Å²) in [5, 5.41) is 0. The van der Waals surface area contributed by atoms with Crippen LogP contribution in [-0.4, -0.2) is 73.2 Å². The number of amides is 1. The van der Waals surface area contributed by atoms with Crippen molar-refractivity contribution in [1.82, 2.24) is 4.90 Å². The Morgan fingerprint density at radius 3 is 1.50 bits per heavy atom. The third kappa shape index (κ3) is 4.54. The van der Waals surface area contributed by atoms with Crippen LogP contribution in [-0.2, 0) is 9.53 Å². The molecule has 178 valence electrons. The molecule has 0 bridgehead atoms. The Hall–Kier alpha value is -1.55. The number of hydrogen-bond donors (Lipinski definition) is 0. The molecule has 1 heterocycles. The second-order valence-corrected chi connectivity index (χ2v) is 6.17. The van der Waals surface area contributed by atoms with E-state index in [9.17, 15) is 66.3 Å². The first-order valence-corrected chi connectivity index (χ1v) is 7.62. The van der Waals surface area contributed by atoms with Gasteiger partial charge in [0.1, 0.15) is 5.92 Å². The highest BCUT2D eigenvalue weighted by atomic mass is 19.4. The van der Waals surface area contributed by atoms with Crippen molar-refractivity contribution in [2.45, 2.75) is 42.5 Å². The molecule has 0 aromatic carbocycles. The summed E-state index contributed by atoms with van der Waals surface area (Å²) in [7, 11) is 0. The average molecular weight is 479 g/mol. The monoisotopic (exact) mass is 479 g/mol. The molecule has 0 spiro atoms. The molecule has 1 rings (SSSR count). The highest BCUT2D eigenvalue weighted by molar-refractivity contribution is 5.80. The van der Waals surface area contributed by atoms with Crippen molar-refractivity contribution in [3.63, 3.8) is 0 Å². The van der Waals surface area contributed by atoms with Gasteiger partial charge in [-0.2, -0.15) is 61.5 Å². The lowest BCUT2D eigenvalue weighted by Gasteiger charge is -2.39. The molecule has 0 aromatic rings. The first kappa shape index (κ1) is 26.5. The Bertz CT molecular complexity index is 620. The predicted molar refractivity (Wildman–Crippen MR) is 67.4 cm³/mol. The zero-order valence-electron chi connectivity index (χ0n) is 14.2. The number of nitrogens with zero attached hydrogens (tertiary/aromatic N) is 1. The lowest BCUT2D eigenvalue weighted by Crippen LogP contribution is -2.62. The summed E-state index contributed by atoms with van der Waals surface area (Å²) >= 11 is 0. The lowest BCUT2D eigenvalue weighted by molar-refractivity contribution is -0.379. The molecule has 1 atom stereocenters. The number of carbonyl (C=O) groups is 1. The van der Waals surface area contributed by atoms with Crippen molar-refractivity contribution in [3.8, 4) is 0 Å². The molecule has 1 unspecified atom stereocenters. The van der Waals surface area contributed by atoms with Crippen LogP contribution in [0, 0.1) is 5.92 Å². The van der Waals surface area contributed by atoms with Gasteiger partial charge in [-0.25, -0.2) is 0 Å². The van der Waals surface area contributed by atoms with Gasteiger partial charge in [-0.3, -0.25) is 4.79 Å². The van der Waals surface area contributed by atoms with E-state index < -0.39 is 80.6 Å². The van der Waals surface area contributed by atoms with Crippen molar-refractivity contribution in [2.75, 3.05) is 26.3 Å². The Labute approximate surface area is 157 Å². The molecule has 1 saturated heterocycles. The fourth-order valence-electron chi connectivity index (χ4n) is 2.37. The van der Waals surface area contributed by atoms with E-state index in [1.807, 2.05) is 0 Å². The molecule has 0 radical (unpaired) electrons. The van der Waals surface area contributed by atoms with Crippen molar-refractivity contribution in [3.05, 3.63) is 0 Å². The van der Waals surface area contributed by atoms with Gasteiger partial charge in [0.15, 0.2) is 0 Å². The van der Waals surface area contributed by atoms with E-state index in [2.05, 4.69) is 4.74 Å². The molecule has 0 aliphatic carbocycles. The highest BCUT2D eigenvalue weighted by Crippen LogP contribution is 2.55. The summed E-state index contributed by atoms with van der Waals surface area (Å²) in [5.41, 5.74) is 0. The van der Waals surface area contributed by atoms with E-state index in [1.54, 1.807) is 0 Å². The normalized spacial score (nSPS) is 19.1. The lowest BCUT2D eigenvalue weighted by atomic mass is 9.86. The molecule has 1 aliphatic rings. The Morgan fingerprint density at radius 2 is 1.13 bits per heavy atom. The summed E-state index contributed by atoms with van der Waals surface area (Å²) in [6.45, 7) is -2.64. The first-order valence-electron chi connectivity index (χ1n) is 7.62. The van der Waals surface area contributed by atoms with Crippen LogP contribution in [0.4, 0.5) is 61.5 Å². The van der Waals surface area contributed by atoms with Crippen LogP contribution in [0.15, 0.2) is 0 Å². The number of ether oxygens (including phenoxy) is 1. The summed E-state index contributed by atoms with van der Waals surface area (Å²) in [6, 6.07) is 0. The quantitative estimate of drug-likeness (QED) is 0.525. The maximum absolute atomic E-state index is 14.0. The zero-order chi connectivity index (χ0) is 24.0. The van der Waals surface area contributed by atoms with Crippen LogP contribution < -0.4 is 0 Å². The summed E-state index contributed by atoms with van der Waals surface area (Å²) in [6.07, 6.45) is -17.9. The van der Waals surface area contributed by atoms with E-state index >= 15 is 0 Å². The molecule has 0 saturated carbocycles. The third-order valence-corrected chi connectivity index (χ3v) is 4.11. The Balaban J connectivity index is 3.50. The molecule has 1 amide bonds. The second kappa shape index (κ2) is 7.85. The molecule has 1 fully saturated rings. The number of alkyl halides is 14. The van der Waals surface area contributed by atoms with Gasteiger partial charge in [-0.15, -0.1) is 0 Å². The summed E-state index contributed by atoms with van der Waals surface area (Å²) in [5.74, 6) is -34.9. The fraction of sp³-hybridized carbons (Fsp3) is 0.923. The fourth-order valence-corrected chi connectivity index (χ4v) is 2.37. The average Bonchev–Trinajstić information content (AvgIpc) is 2.57. The SMILES string of the molecule is O=C(C(CC(F)(F)C(F)(F)C(F)(F)F)C(F)(F)C(F)(F)C(F)(F)F)N1CCOCC1. The Kier molecular flexibility index (Phi) is 6.93. The maximum Gasteiger partial charge on any atom is 0.459 e. The second-order valence-electron chi connectivity index (χ2n) is 6.17. The minimum atomic E-state index is -7.21. The Morgan fingerprint density at radius 1 is 0.733 bits per heavy atom. The maximum atomic E-state index is 14.0. The van der Waals surface area contributed by atoms with Gasteiger partial charge in [0.2, 0.25) is 5.91 Å². The van der Waals surface area contributed by atoms with Gasteiger partial charge in [0.05, 0.1) is 13.2 Å². The van der Waals surface area contributed by atoms with Crippen LogP contribution in [0.5, 0.6) is 0 Å². The summed E-state index contributed by atoms with van der Waals surface area (Å²) < 4.78 is 186. The highest BCUT2D eigenvalue weighted by Gasteiger charge is 2.80. The van der Waals surface area contributed by atoms with E-state index in [0.29, 0.717) is 0 Å². The van der Waals surface area contributed by atoms with Gasteiger partial charge in [-0.1, -0.05) is 0 Å². The molecule has 3 nitrogen and oxygen atoms in total. The van der Waals surface area contributed by atoms with Gasteiger partial charge < -0.3 is 9.64 Å². The minimum Gasteiger partial charge on any atom is -0.378 e. The van der Waals surface area contributed by atoms with E-state index in [0.717, 1.165) is 0 Å². The van der Waals surface area contributed by atoms with Crippen LogP contribution in [0.25, 0.3) is 0 Å². The molecular formula is C13H11F14NO2. The van der Waals surface area contributed by atoms with E-state index in [1.165, 1.54) is 0 Å². The van der Waals surface area contributed by atoms with Crippen LogP contribution in [0.2, 0.25) is 0 Å². The van der Waals surface area contributed by atoms with Crippen LogP contribution >= 0.6 is 0 Å². The number of hydrogen-bond acceptors (Lipinski definition) is 2. The molecule has 30 heavy (non-hydrogen) atoms. The smallest absolute Gasteiger partial charge is 0.378 e.